The number of carbonyl (C=O) groups excluding carboxylic acids is 1. The van der Waals surface area contributed by atoms with Crippen molar-refractivity contribution in [3.05, 3.63) is 34.9 Å². The highest BCUT2D eigenvalue weighted by Crippen LogP contribution is 2.40. The molecule has 1 amide bonds. The van der Waals surface area contributed by atoms with Crippen LogP contribution in [0.2, 0.25) is 5.02 Å². The van der Waals surface area contributed by atoms with Gasteiger partial charge in [0.1, 0.15) is 5.37 Å². The molecule has 0 aliphatic carbocycles. The summed E-state index contributed by atoms with van der Waals surface area (Å²) in [6.07, 6.45) is 0. The SMILES string of the molecule is CC(C)NCCN1C(=O)CSC1c1ccccc1Cl. The largest absolute Gasteiger partial charge is 0.325 e. The molecule has 104 valence electrons. The van der Waals surface area contributed by atoms with Crippen LogP contribution < -0.4 is 5.32 Å². The topological polar surface area (TPSA) is 32.3 Å². The first kappa shape index (κ1) is 14.7. The van der Waals surface area contributed by atoms with Crippen LogP contribution in [0, 0.1) is 0 Å². The average molecular weight is 299 g/mol. The number of hydrogen-bond donors (Lipinski definition) is 1. The van der Waals surface area contributed by atoms with Crippen LogP contribution in [0.15, 0.2) is 24.3 Å². The molecule has 2 rings (SSSR count). The van der Waals surface area contributed by atoms with Gasteiger partial charge in [-0.3, -0.25) is 4.79 Å². The minimum Gasteiger partial charge on any atom is -0.325 e. The van der Waals surface area contributed by atoms with Gasteiger partial charge in [-0.25, -0.2) is 0 Å². The zero-order valence-electron chi connectivity index (χ0n) is 11.2. The molecule has 1 aromatic carbocycles. The summed E-state index contributed by atoms with van der Waals surface area (Å²) in [4.78, 5) is 13.9. The minimum atomic E-state index is 0.0511. The van der Waals surface area contributed by atoms with E-state index in [4.69, 9.17) is 11.6 Å². The van der Waals surface area contributed by atoms with Gasteiger partial charge in [0.15, 0.2) is 0 Å². The Hall–Kier alpha value is -0.710. The van der Waals surface area contributed by atoms with E-state index >= 15 is 0 Å². The summed E-state index contributed by atoms with van der Waals surface area (Å²) in [5, 5.41) is 4.13. The molecule has 1 atom stereocenters. The van der Waals surface area contributed by atoms with Crippen molar-refractivity contribution >= 4 is 29.3 Å². The Kier molecular flexibility index (Phi) is 5.13. The van der Waals surface area contributed by atoms with E-state index in [1.165, 1.54) is 0 Å². The fourth-order valence-corrected chi connectivity index (χ4v) is 3.66. The van der Waals surface area contributed by atoms with Crippen LogP contribution in [0.5, 0.6) is 0 Å². The van der Waals surface area contributed by atoms with Gasteiger partial charge in [0, 0.05) is 29.7 Å². The van der Waals surface area contributed by atoms with Gasteiger partial charge in [0.05, 0.1) is 5.75 Å². The molecule has 1 fully saturated rings. The van der Waals surface area contributed by atoms with Gasteiger partial charge in [-0.2, -0.15) is 0 Å². The van der Waals surface area contributed by atoms with Crippen molar-refractivity contribution in [3.63, 3.8) is 0 Å². The fourth-order valence-electron chi connectivity index (χ4n) is 2.10. The lowest BCUT2D eigenvalue weighted by atomic mass is 10.2. The number of thioether (sulfide) groups is 1. The third-order valence-electron chi connectivity index (χ3n) is 3.04. The molecule has 5 heteroatoms. The number of benzene rings is 1. The zero-order chi connectivity index (χ0) is 13.8. The van der Waals surface area contributed by atoms with Gasteiger partial charge >= 0.3 is 0 Å². The maximum atomic E-state index is 12.0. The van der Waals surface area contributed by atoms with Crippen LogP contribution in [0.25, 0.3) is 0 Å². The van der Waals surface area contributed by atoms with Crippen molar-refractivity contribution in [2.75, 3.05) is 18.8 Å². The lowest BCUT2D eigenvalue weighted by Crippen LogP contribution is -2.37. The first-order valence-electron chi connectivity index (χ1n) is 6.48. The Labute approximate surface area is 123 Å². The molecule has 0 aromatic heterocycles. The third kappa shape index (κ3) is 3.65. The maximum absolute atomic E-state index is 12.0. The van der Waals surface area contributed by atoms with Gasteiger partial charge in [-0.1, -0.05) is 43.6 Å². The van der Waals surface area contributed by atoms with Gasteiger partial charge in [0.2, 0.25) is 5.91 Å². The van der Waals surface area contributed by atoms with Crippen molar-refractivity contribution < 1.29 is 4.79 Å². The third-order valence-corrected chi connectivity index (χ3v) is 4.63. The predicted molar refractivity (Wildman–Crippen MR) is 81.5 cm³/mol. The van der Waals surface area contributed by atoms with E-state index in [0.29, 0.717) is 11.8 Å². The van der Waals surface area contributed by atoms with Crippen LogP contribution in [0.4, 0.5) is 0 Å². The van der Waals surface area contributed by atoms with Crippen LogP contribution in [-0.4, -0.2) is 35.7 Å². The molecule has 0 spiro atoms. The Morgan fingerprint density at radius 2 is 2.21 bits per heavy atom. The van der Waals surface area contributed by atoms with E-state index in [9.17, 15) is 4.79 Å². The van der Waals surface area contributed by atoms with Crippen molar-refractivity contribution in [1.29, 1.82) is 0 Å². The van der Waals surface area contributed by atoms with E-state index in [1.54, 1.807) is 11.8 Å². The molecule has 1 heterocycles. The van der Waals surface area contributed by atoms with Crippen molar-refractivity contribution in [2.24, 2.45) is 0 Å². The molecular formula is C14H19ClN2OS. The molecule has 1 saturated heterocycles. The summed E-state index contributed by atoms with van der Waals surface area (Å²) >= 11 is 7.88. The number of carbonyl (C=O) groups is 1. The van der Waals surface area contributed by atoms with Crippen LogP contribution in [-0.2, 0) is 4.79 Å². The summed E-state index contributed by atoms with van der Waals surface area (Å²) in [5.74, 6) is 0.734. The minimum absolute atomic E-state index is 0.0511. The zero-order valence-corrected chi connectivity index (χ0v) is 12.8. The number of hydrogen-bond acceptors (Lipinski definition) is 3. The van der Waals surface area contributed by atoms with E-state index in [-0.39, 0.29) is 11.3 Å². The molecule has 1 aromatic rings. The highest BCUT2D eigenvalue weighted by Gasteiger charge is 2.33. The first-order valence-corrected chi connectivity index (χ1v) is 7.91. The number of rotatable bonds is 5. The van der Waals surface area contributed by atoms with Crippen molar-refractivity contribution in [3.8, 4) is 0 Å². The lowest BCUT2D eigenvalue weighted by molar-refractivity contribution is -0.128. The molecule has 1 aliphatic heterocycles. The number of nitrogens with one attached hydrogen (secondary N) is 1. The molecule has 1 N–H and O–H groups in total. The summed E-state index contributed by atoms with van der Waals surface area (Å²) < 4.78 is 0. The predicted octanol–water partition coefficient (Wildman–Crippen LogP) is 2.91. The summed E-state index contributed by atoms with van der Waals surface area (Å²) in [6, 6.07) is 8.20. The molecule has 3 nitrogen and oxygen atoms in total. The van der Waals surface area contributed by atoms with E-state index in [0.717, 1.165) is 23.7 Å². The van der Waals surface area contributed by atoms with E-state index in [1.807, 2.05) is 29.2 Å². The molecule has 1 aliphatic rings. The normalized spacial score (nSPS) is 19.5. The quantitative estimate of drug-likeness (QED) is 0.907. The average Bonchev–Trinajstić information content (AvgIpc) is 2.72. The number of nitrogens with zero attached hydrogens (tertiary/aromatic N) is 1. The molecule has 0 radical (unpaired) electrons. The molecule has 0 bridgehead atoms. The molecule has 19 heavy (non-hydrogen) atoms. The summed E-state index contributed by atoms with van der Waals surface area (Å²) in [5.41, 5.74) is 1.03. The highest BCUT2D eigenvalue weighted by molar-refractivity contribution is 8.00. The number of amides is 1. The van der Waals surface area contributed by atoms with Gasteiger partial charge in [0.25, 0.3) is 0 Å². The summed E-state index contributed by atoms with van der Waals surface area (Å²) in [7, 11) is 0. The smallest absolute Gasteiger partial charge is 0.233 e. The van der Waals surface area contributed by atoms with Crippen LogP contribution in [0.3, 0.4) is 0 Å². The second-order valence-electron chi connectivity index (χ2n) is 4.88. The fraction of sp³-hybridized carbons (Fsp3) is 0.500. The lowest BCUT2D eigenvalue weighted by Gasteiger charge is -2.25. The standard InChI is InChI=1S/C14H19ClN2OS/c1-10(2)16-7-8-17-13(18)9-19-14(17)11-5-3-4-6-12(11)15/h3-6,10,14,16H,7-9H2,1-2H3. The highest BCUT2D eigenvalue weighted by atomic mass is 35.5. The maximum Gasteiger partial charge on any atom is 0.233 e. The Balaban J connectivity index is 2.07. The van der Waals surface area contributed by atoms with Crippen molar-refractivity contribution in [1.82, 2.24) is 10.2 Å². The Morgan fingerprint density at radius 3 is 2.89 bits per heavy atom. The Bertz CT molecular complexity index is 453. The molecule has 0 saturated carbocycles. The van der Waals surface area contributed by atoms with E-state index < -0.39 is 0 Å². The second kappa shape index (κ2) is 6.64. The number of halogens is 1. The van der Waals surface area contributed by atoms with Gasteiger partial charge in [-0.15, -0.1) is 11.8 Å². The first-order chi connectivity index (χ1) is 9.09. The second-order valence-corrected chi connectivity index (χ2v) is 6.36. The van der Waals surface area contributed by atoms with Gasteiger partial charge in [-0.05, 0) is 6.07 Å². The molecule has 1 unspecified atom stereocenters. The van der Waals surface area contributed by atoms with E-state index in [2.05, 4.69) is 19.2 Å². The molecular weight excluding hydrogens is 280 g/mol. The Morgan fingerprint density at radius 1 is 1.47 bits per heavy atom. The van der Waals surface area contributed by atoms with Crippen LogP contribution >= 0.6 is 23.4 Å². The van der Waals surface area contributed by atoms with Gasteiger partial charge < -0.3 is 10.2 Å². The monoisotopic (exact) mass is 298 g/mol. The van der Waals surface area contributed by atoms with Crippen LogP contribution in [0.1, 0.15) is 24.8 Å². The van der Waals surface area contributed by atoms with Crippen molar-refractivity contribution in [2.45, 2.75) is 25.3 Å². The summed E-state index contributed by atoms with van der Waals surface area (Å²) in [6.45, 7) is 5.74.